The van der Waals surface area contributed by atoms with Crippen LogP contribution in [0.2, 0.25) is 0 Å². The molecular formula is C12H19N3O3. The van der Waals surface area contributed by atoms with Crippen molar-refractivity contribution in [3.8, 4) is 5.88 Å². The molecule has 2 N–H and O–H groups in total. The summed E-state index contributed by atoms with van der Waals surface area (Å²) in [6.07, 6.45) is 2.98. The van der Waals surface area contributed by atoms with Crippen LogP contribution in [0, 0.1) is 6.92 Å². The maximum Gasteiger partial charge on any atom is 0.221 e. The molecule has 1 fully saturated rings. The Kier molecular flexibility index (Phi) is 3.98. The number of aliphatic hydroxyl groups excluding tert-OH is 1. The summed E-state index contributed by atoms with van der Waals surface area (Å²) in [5.74, 6) is 1.26. The molecule has 1 aliphatic rings. The molecule has 0 aliphatic carbocycles. The molecule has 0 aromatic carbocycles. The monoisotopic (exact) mass is 253 g/mol. The maximum atomic E-state index is 9.63. The fourth-order valence-electron chi connectivity index (χ4n) is 2.10. The van der Waals surface area contributed by atoms with E-state index in [0.717, 1.165) is 18.4 Å². The van der Waals surface area contributed by atoms with Crippen LogP contribution in [-0.4, -0.2) is 47.5 Å². The van der Waals surface area contributed by atoms with E-state index in [0.29, 0.717) is 24.9 Å². The van der Waals surface area contributed by atoms with Gasteiger partial charge in [-0.25, -0.2) is 9.97 Å². The molecule has 0 unspecified atom stereocenters. The predicted octanol–water partition coefficient (Wildman–Crippen LogP) is 0.747. The van der Waals surface area contributed by atoms with Gasteiger partial charge in [0.2, 0.25) is 5.88 Å². The van der Waals surface area contributed by atoms with Crippen molar-refractivity contribution < 1.29 is 14.6 Å². The number of aliphatic hydroxyl groups is 1. The largest absolute Gasteiger partial charge is 0.481 e. The van der Waals surface area contributed by atoms with Gasteiger partial charge in [-0.3, -0.25) is 0 Å². The number of anilines is 1. The van der Waals surface area contributed by atoms with Crippen molar-refractivity contribution in [2.24, 2.45) is 0 Å². The molecular weight excluding hydrogens is 234 g/mol. The lowest BCUT2D eigenvalue weighted by molar-refractivity contribution is 0.0378. The Morgan fingerprint density at radius 1 is 1.44 bits per heavy atom. The van der Waals surface area contributed by atoms with Gasteiger partial charge in [0.1, 0.15) is 12.1 Å². The summed E-state index contributed by atoms with van der Waals surface area (Å²) in [6, 6.07) is 0. The highest BCUT2D eigenvalue weighted by molar-refractivity contribution is 5.49. The first kappa shape index (κ1) is 13.0. The number of hydrogen-bond donors (Lipinski definition) is 2. The smallest absolute Gasteiger partial charge is 0.221 e. The summed E-state index contributed by atoms with van der Waals surface area (Å²) in [7, 11) is 1.58. The summed E-state index contributed by atoms with van der Waals surface area (Å²) in [6.45, 7) is 3.25. The first-order valence-corrected chi connectivity index (χ1v) is 6.03. The third-order valence-corrected chi connectivity index (χ3v) is 3.37. The average molecular weight is 253 g/mol. The van der Waals surface area contributed by atoms with E-state index < -0.39 is 0 Å². The zero-order valence-electron chi connectivity index (χ0n) is 10.8. The Morgan fingerprint density at radius 2 is 2.17 bits per heavy atom. The minimum atomic E-state index is -0.359. The van der Waals surface area contributed by atoms with Crippen molar-refractivity contribution in [3.05, 3.63) is 11.9 Å². The van der Waals surface area contributed by atoms with E-state index >= 15 is 0 Å². The van der Waals surface area contributed by atoms with Crippen LogP contribution in [0.4, 0.5) is 5.82 Å². The Balaban J connectivity index is 2.21. The lowest BCUT2D eigenvalue weighted by Crippen LogP contribution is -2.47. The van der Waals surface area contributed by atoms with Gasteiger partial charge in [-0.05, 0) is 19.8 Å². The second-order valence-corrected chi connectivity index (χ2v) is 4.53. The SMILES string of the molecule is COc1ncnc(NC2(CO)CCOCC2)c1C. The van der Waals surface area contributed by atoms with Gasteiger partial charge in [0, 0.05) is 13.2 Å². The molecule has 0 amide bonds. The van der Waals surface area contributed by atoms with Crippen LogP contribution in [0.3, 0.4) is 0 Å². The van der Waals surface area contributed by atoms with Crippen LogP contribution >= 0.6 is 0 Å². The molecule has 1 aromatic rings. The van der Waals surface area contributed by atoms with E-state index in [-0.39, 0.29) is 12.1 Å². The van der Waals surface area contributed by atoms with Gasteiger partial charge in [0.15, 0.2) is 0 Å². The van der Waals surface area contributed by atoms with E-state index in [9.17, 15) is 5.11 Å². The highest BCUT2D eigenvalue weighted by Crippen LogP contribution is 2.28. The Morgan fingerprint density at radius 3 is 2.78 bits per heavy atom. The highest BCUT2D eigenvalue weighted by atomic mass is 16.5. The van der Waals surface area contributed by atoms with Crippen molar-refractivity contribution in [2.75, 3.05) is 32.2 Å². The van der Waals surface area contributed by atoms with E-state index in [1.165, 1.54) is 6.33 Å². The third kappa shape index (κ3) is 2.54. The molecule has 6 nitrogen and oxygen atoms in total. The lowest BCUT2D eigenvalue weighted by atomic mass is 9.91. The molecule has 1 saturated heterocycles. The van der Waals surface area contributed by atoms with Crippen molar-refractivity contribution in [1.82, 2.24) is 9.97 Å². The third-order valence-electron chi connectivity index (χ3n) is 3.37. The summed E-state index contributed by atoms with van der Waals surface area (Å²) >= 11 is 0. The van der Waals surface area contributed by atoms with Crippen LogP contribution in [0.5, 0.6) is 5.88 Å². The molecule has 1 aromatic heterocycles. The van der Waals surface area contributed by atoms with E-state index in [2.05, 4.69) is 15.3 Å². The van der Waals surface area contributed by atoms with Crippen molar-refractivity contribution in [2.45, 2.75) is 25.3 Å². The second-order valence-electron chi connectivity index (χ2n) is 4.53. The summed E-state index contributed by atoms with van der Waals surface area (Å²) in [5, 5.41) is 13.0. The number of nitrogens with zero attached hydrogens (tertiary/aromatic N) is 2. The maximum absolute atomic E-state index is 9.63. The van der Waals surface area contributed by atoms with Crippen LogP contribution in [0.25, 0.3) is 0 Å². The zero-order chi connectivity index (χ0) is 13.0. The molecule has 6 heteroatoms. The van der Waals surface area contributed by atoms with Gasteiger partial charge in [-0.15, -0.1) is 0 Å². The Hall–Kier alpha value is -1.40. The van der Waals surface area contributed by atoms with Crippen LogP contribution in [0.1, 0.15) is 18.4 Å². The highest BCUT2D eigenvalue weighted by Gasteiger charge is 2.32. The minimum absolute atomic E-state index is 0.0577. The molecule has 1 aliphatic heterocycles. The van der Waals surface area contributed by atoms with Crippen LogP contribution < -0.4 is 10.1 Å². The number of aromatic nitrogens is 2. The topological polar surface area (TPSA) is 76.5 Å². The number of hydrogen-bond acceptors (Lipinski definition) is 6. The normalized spacial score (nSPS) is 18.4. The second kappa shape index (κ2) is 5.49. The minimum Gasteiger partial charge on any atom is -0.481 e. The molecule has 2 rings (SSSR count). The summed E-state index contributed by atoms with van der Waals surface area (Å²) in [5.41, 5.74) is 0.488. The predicted molar refractivity (Wildman–Crippen MR) is 66.8 cm³/mol. The summed E-state index contributed by atoms with van der Waals surface area (Å²) in [4.78, 5) is 8.26. The first-order chi connectivity index (χ1) is 8.71. The molecule has 2 heterocycles. The van der Waals surface area contributed by atoms with Gasteiger partial charge in [-0.2, -0.15) is 0 Å². The van der Waals surface area contributed by atoms with E-state index in [4.69, 9.17) is 9.47 Å². The van der Waals surface area contributed by atoms with Crippen molar-refractivity contribution in [3.63, 3.8) is 0 Å². The van der Waals surface area contributed by atoms with Gasteiger partial charge in [0.05, 0.1) is 24.8 Å². The van der Waals surface area contributed by atoms with Gasteiger partial charge >= 0.3 is 0 Å². The molecule has 0 bridgehead atoms. The molecule has 0 saturated carbocycles. The number of methoxy groups -OCH3 is 1. The molecule has 0 radical (unpaired) electrons. The van der Waals surface area contributed by atoms with Gasteiger partial charge in [-0.1, -0.05) is 0 Å². The Labute approximate surface area is 106 Å². The fraction of sp³-hybridized carbons (Fsp3) is 0.667. The zero-order valence-corrected chi connectivity index (χ0v) is 10.8. The van der Waals surface area contributed by atoms with Crippen LogP contribution in [-0.2, 0) is 4.74 Å². The Bertz CT molecular complexity index is 406. The fourth-order valence-corrected chi connectivity index (χ4v) is 2.10. The summed E-state index contributed by atoms with van der Waals surface area (Å²) < 4.78 is 10.5. The molecule has 100 valence electrons. The van der Waals surface area contributed by atoms with Crippen molar-refractivity contribution >= 4 is 5.82 Å². The van der Waals surface area contributed by atoms with Gasteiger partial charge < -0.3 is 19.9 Å². The molecule has 18 heavy (non-hydrogen) atoms. The number of rotatable bonds is 4. The standard InChI is InChI=1S/C12H19N3O3/c1-9-10(13-8-14-11(9)17-2)15-12(7-16)3-5-18-6-4-12/h8,16H,3-7H2,1-2H3,(H,13,14,15). The number of nitrogens with one attached hydrogen (secondary N) is 1. The van der Waals surface area contributed by atoms with Gasteiger partial charge in [0.25, 0.3) is 0 Å². The number of ether oxygens (including phenoxy) is 2. The van der Waals surface area contributed by atoms with E-state index in [1.54, 1.807) is 7.11 Å². The first-order valence-electron chi connectivity index (χ1n) is 6.03. The molecule has 0 spiro atoms. The quantitative estimate of drug-likeness (QED) is 0.824. The molecule has 0 atom stereocenters. The van der Waals surface area contributed by atoms with Crippen LogP contribution in [0.15, 0.2) is 6.33 Å². The average Bonchev–Trinajstić information content (AvgIpc) is 2.42. The lowest BCUT2D eigenvalue weighted by Gasteiger charge is -2.37. The van der Waals surface area contributed by atoms with E-state index in [1.807, 2.05) is 6.92 Å². The van der Waals surface area contributed by atoms with Crippen molar-refractivity contribution in [1.29, 1.82) is 0 Å².